The van der Waals surface area contributed by atoms with E-state index in [9.17, 15) is 4.79 Å². The Bertz CT molecular complexity index is 1140. The molecule has 1 N–H and O–H groups in total. The number of carbonyl (C=O) groups excluding carboxylic acids is 1. The number of aryl methyl sites for hydroxylation is 2. The molecule has 186 valence electrons. The minimum Gasteiger partial charge on any atom is -0.493 e. The molecule has 1 fully saturated rings. The van der Waals surface area contributed by atoms with Crippen molar-refractivity contribution in [1.29, 1.82) is 0 Å². The smallest absolute Gasteiger partial charge is 0.233 e. The fraction of sp³-hybridized carbons (Fsp3) is 0.407. The van der Waals surface area contributed by atoms with Gasteiger partial charge >= 0.3 is 0 Å². The Labute approximate surface area is 211 Å². The van der Waals surface area contributed by atoms with E-state index in [2.05, 4.69) is 35.0 Å². The first-order chi connectivity index (χ1) is 17.0. The van der Waals surface area contributed by atoms with Gasteiger partial charge < -0.3 is 19.4 Å². The van der Waals surface area contributed by atoms with Gasteiger partial charge in [-0.3, -0.25) is 9.69 Å². The monoisotopic (exact) mass is 494 g/mol. The molecule has 0 aliphatic carbocycles. The van der Waals surface area contributed by atoms with Gasteiger partial charge in [0.15, 0.2) is 16.7 Å². The molecule has 2 heterocycles. The lowest BCUT2D eigenvalue weighted by Crippen LogP contribution is -2.48. The van der Waals surface area contributed by atoms with Gasteiger partial charge in [-0.05, 0) is 42.7 Å². The van der Waals surface area contributed by atoms with Gasteiger partial charge in [0.1, 0.15) is 0 Å². The summed E-state index contributed by atoms with van der Waals surface area (Å²) in [7, 11) is 3.32. The second-order valence-electron chi connectivity index (χ2n) is 8.86. The summed E-state index contributed by atoms with van der Waals surface area (Å²) in [4.78, 5) is 25.3. The number of aromatic amines is 1. The number of aromatic nitrogens is 2. The Morgan fingerprint density at radius 2 is 1.71 bits per heavy atom. The largest absolute Gasteiger partial charge is 0.493 e. The summed E-state index contributed by atoms with van der Waals surface area (Å²) in [6.45, 7) is 8.14. The molecular formula is C27H34N4O3S. The van der Waals surface area contributed by atoms with Crippen LogP contribution in [-0.4, -0.2) is 71.8 Å². The number of thioether (sulfide) groups is 1. The van der Waals surface area contributed by atoms with Crippen LogP contribution in [0, 0.1) is 13.8 Å². The number of ether oxygens (including phenoxy) is 2. The molecule has 8 heteroatoms. The molecule has 4 rings (SSSR count). The van der Waals surface area contributed by atoms with Gasteiger partial charge in [-0.25, -0.2) is 4.98 Å². The summed E-state index contributed by atoms with van der Waals surface area (Å²) in [6, 6.07) is 14.4. The van der Waals surface area contributed by atoms with E-state index in [1.54, 1.807) is 14.2 Å². The SMILES string of the molecule is COc1cc(C)c(CN2CCN(C(=O)CSc3nc(Cc4ccccc4)c(C)[nH]3)CC2)cc1OC. The van der Waals surface area contributed by atoms with Gasteiger partial charge in [0, 0.05) is 44.8 Å². The molecule has 1 aromatic heterocycles. The minimum atomic E-state index is 0.163. The Balaban J connectivity index is 1.26. The average molecular weight is 495 g/mol. The highest BCUT2D eigenvalue weighted by Crippen LogP contribution is 2.31. The van der Waals surface area contributed by atoms with Crippen LogP contribution >= 0.6 is 11.8 Å². The van der Waals surface area contributed by atoms with Gasteiger partial charge in [0.25, 0.3) is 0 Å². The summed E-state index contributed by atoms with van der Waals surface area (Å²) in [5, 5.41) is 0.810. The lowest BCUT2D eigenvalue weighted by atomic mass is 10.1. The predicted octanol–water partition coefficient (Wildman–Crippen LogP) is 4.07. The average Bonchev–Trinajstić information content (AvgIpc) is 3.23. The number of nitrogens with zero attached hydrogens (tertiary/aromatic N) is 3. The Kier molecular flexibility index (Phi) is 8.36. The van der Waals surface area contributed by atoms with Gasteiger partial charge in [0.05, 0.1) is 25.7 Å². The van der Waals surface area contributed by atoms with Crippen molar-refractivity contribution in [1.82, 2.24) is 19.8 Å². The minimum absolute atomic E-state index is 0.163. The number of carbonyl (C=O) groups is 1. The van der Waals surface area contributed by atoms with Crippen molar-refractivity contribution in [3.05, 3.63) is 70.5 Å². The number of nitrogens with one attached hydrogen (secondary N) is 1. The third kappa shape index (κ3) is 6.38. The number of piperazine rings is 1. The fourth-order valence-electron chi connectivity index (χ4n) is 4.31. The van der Waals surface area contributed by atoms with Crippen molar-refractivity contribution in [2.24, 2.45) is 0 Å². The van der Waals surface area contributed by atoms with Crippen LogP contribution in [0.3, 0.4) is 0 Å². The van der Waals surface area contributed by atoms with Gasteiger partial charge in [0.2, 0.25) is 5.91 Å². The maximum Gasteiger partial charge on any atom is 0.233 e. The quantitative estimate of drug-likeness (QED) is 0.452. The third-order valence-electron chi connectivity index (χ3n) is 6.47. The Morgan fingerprint density at radius 1 is 1.03 bits per heavy atom. The lowest BCUT2D eigenvalue weighted by Gasteiger charge is -2.35. The molecule has 7 nitrogen and oxygen atoms in total. The third-order valence-corrected chi connectivity index (χ3v) is 7.33. The molecule has 0 spiro atoms. The topological polar surface area (TPSA) is 70.7 Å². The van der Waals surface area contributed by atoms with Crippen LogP contribution in [0.4, 0.5) is 0 Å². The molecule has 1 aliphatic heterocycles. The lowest BCUT2D eigenvalue weighted by molar-refractivity contribution is -0.130. The van der Waals surface area contributed by atoms with E-state index in [-0.39, 0.29) is 5.91 Å². The van der Waals surface area contributed by atoms with Crippen LogP contribution in [0.1, 0.15) is 28.1 Å². The van der Waals surface area contributed by atoms with Gasteiger partial charge in [-0.15, -0.1) is 0 Å². The molecule has 3 aromatic rings. The highest BCUT2D eigenvalue weighted by atomic mass is 32.2. The zero-order chi connectivity index (χ0) is 24.8. The number of H-pyrrole nitrogens is 1. The number of imidazole rings is 1. The molecule has 0 radical (unpaired) electrons. The van der Waals surface area contributed by atoms with Crippen LogP contribution in [0.5, 0.6) is 11.5 Å². The number of benzene rings is 2. The summed E-state index contributed by atoms with van der Waals surface area (Å²) in [5.74, 6) is 2.06. The van der Waals surface area contributed by atoms with Crippen molar-refractivity contribution >= 4 is 17.7 Å². The first-order valence-electron chi connectivity index (χ1n) is 11.9. The van der Waals surface area contributed by atoms with E-state index in [0.29, 0.717) is 5.75 Å². The molecule has 1 amide bonds. The van der Waals surface area contributed by atoms with Crippen LogP contribution < -0.4 is 9.47 Å². The van der Waals surface area contributed by atoms with Crippen molar-refractivity contribution in [2.45, 2.75) is 32.0 Å². The number of rotatable bonds is 9. The first kappa shape index (κ1) is 25.1. The van der Waals surface area contributed by atoms with Crippen molar-refractivity contribution in [2.75, 3.05) is 46.2 Å². The van der Waals surface area contributed by atoms with Crippen LogP contribution in [0.2, 0.25) is 0 Å². The number of amides is 1. The normalized spacial score (nSPS) is 14.2. The van der Waals surface area contributed by atoms with Crippen molar-refractivity contribution < 1.29 is 14.3 Å². The van der Waals surface area contributed by atoms with E-state index in [4.69, 9.17) is 14.5 Å². The van der Waals surface area contributed by atoms with Crippen LogP contribution in [-0.2, 0) is 17.8 Å². The van der Waals surface area contributed by atoms with E-state index in [1.165, 1.54) is 28.5 Å². The van der Waals surface area contributed by atoms with E-state index in [0.717, 1.165) is 67.2 Å². The molecule has 1 aliphatic rings. The number of hydrogen-bond acceptors (Lipinski definition) is 6. The second kappa shape index (κ2) is 11.6. The highest BCUT2D eigenvalue weighted by molar-refractivity contribution is 7.99. The first-order valence-corrected chi connectivity index (χ1v) is 12.9. The molecule has 0 unspecified atom stereocenters. The highest BCUT2D eigenvalue weighted by Gasteiger charge is 2.22. The molecule has 0 atom stereocenters. The number of methoxy groups -OCH3 is 2. The van der Waals surface area contributed by atoms with E-state index < -0.39 is 0 Å². The Hall–Kier alpha value is -2.97. The van der Waals surface area contributed by atoms with E-state index in [1.807, 2.05) is 36.1 Å². The summed E-state index contributed by atoms with van der Waals surface area (Å²) < 4.78 is 10.9. The molecule has 1 saturated heterocycles. The fourth-order valence-corrected chi connectivity index (χ4v) is 5.15. The van der Waals surface area contributed by atoms with Crippen molar-refractivity contribution in [3.8, 4) is 11.5 Å². The van der Waals surface area contributed by atoms with Crippen LogP contribution in [0.15, 0.2) is 47.6 Å². The van der Waals surface area contributed by atoms with E-state index >= 15 is 0 Å². The van der Waals surface area contributed by atoms with Crippen LogP contribution in [0.25, 0.3) is 0 Å². The van der Waals surface area contributed by atoms with Gasteiger partial charge in [-0.2, -0.15) is 0 Å². The molecule has 0 saturated carbocycles. The van der Waals surface area contributed by atoms with Gasteiger partial charge in [-0.1, -0.05) is 42.1 Å². The summed E-state index contributed by atoms with van der Waals surface area (Å²) in [6.07, 6.45) is 0.791. The second-order valence-corrected chi connectivity index (χ2v) is 9.82. The molecule has 35 heavy (non-hydrogen) atoms. The molecule has 0 bridgehead atoms. The summed E-state index contributed by atoms with van der Waals surface area (Å²) in [5.41, 5.74) is 5.72. The zero-order valence-corrected chi connectivity index (χ0v) is 21.8. The number of hydrogen-bond donors (Lipinski definition) is 1. The molecule has 2 aromatic carbocycles. The van der Waals surface area contributed by atoms with Crippen molar-refractivity contribution in [3.63, 3.8) is 0 Å². The Morgan fingerprint density at radius 3 is 2.40 bits per heavy atom. The standard InChI is InChI=1S/C27H34N4O3S/c1-19-14-24(33-3)25(34-4)16-22(19)17-30-10-12-31(13-11-30)26(32)18-35-27-28-20(2)23(29-27)15-21-8-6-5-7-9-21/h5-9,14,16H,10-13,15,17-18H2,1-4H3,(H,28,29). The summed E-state index contributed by atoms with van der Waals surface area (Å²) >= 11 is 1.48. The predicted molar refractivity (Wildman–Crippen MR) is 139 cm³/mol. The molecular weight excluding hydrogens is 460 g/mol. The zero-order valence-electron chi connectivity index (χ0n) is 21.0. The maximum absolute atomic E-state index is 12.8. The maximum atomic E-state index is 12.8.